The molecule has 1 aliphatic rings. The molecule has 7 heteroatoms. The van der Waals surface area contributed by atoms with Crippen molar-refractivity contribution in [3.63, 3.8) is 0 Å². The minimum Gasteiger partial charge on any atom is -0.326 e. The van der Waals surface area contributed by atoms with Crippen molar-refractivity contribution in [3.8, 4) is 0 Å². The zero-order valence-electron chi connectivity index (χ0n) is 15.0. The van der Waals surface area contributed by atoms with Crippen LogP contribution >= 0.6 is 0 Å². The average Bonchev–Trinajstić information content (AvgIpc) is 2.86. The molecule has 2 rings (SSSR count). The van der Waals surface area contributed by atoms with Gasteiger partial charge in [0.25, 0.3) is 0 Å². The second kappa shape index (κ2) is 7.66. The lowest BCUT2D eigenvalue weighted by atomic mass is 10.1. The van der Waals surface area contributed by atoms with Gasteiger partial charge in [-0.05, 0) is 63.8 Å². The van der Waals surface area contributed by atoms with Crippen molar-refractivity contribution in [1.82, 2.24) is 4.72 Å². The third-order valence-corrected chi connectivity index (χ3v) is 6.44. The van der Waals surface area contributed by atoms with E-state index in [0.29, 0.717) is 37.9 Å². The van der Waals surface area contributed by atoms with Crippen molar-refractivity contribution in [2.24, 2.45) is 0 Å². The molecule has 0 bridgehead atoms. The Kier molecular flexibility index (Phi) is 6.00. The molecule has 1 amide bonds. The first kappa shape index (κ1) is 19.6. The number of hydrogen-bond acceptors (Lipinski definition) is 4. The van der Waals surface area contributed by atoms with Crippen LogP contribution in [-0.4, -0.2) is 31.4 Å². The highest BCUT2D eigenvalue weighted by atomic mass is 32.2. The Bertz CT molecular complexity index is 764. The number of carbonyl (C=O) groups is 2. The molecule has 0 atom stereocenters. The average molecular weight is 366 g/mol. The van der Waals surface area contributed by atoms with Crippen LogP contribution in [0.5, 0.6) is 0 Å². The molecule has 0 spiro atoms. The number of unbranched alkanes of at least 4 members (excludes halogenated alkanes) is 1. The van der Waals surface area contributed by atoms with Crippen molar-refractivity contribution in [3.05, 3.63) is 29.3 Å². The molecule has 2 N–H and O–H groups in total. The number of ketones is 1. The summed E-state index contributed by atoms with van der Waals surface area (Å²) >= 11 is 0. The quantitative estimate of drug-likeness (QED) is 0.726. The van der Waals surface area contributed by atoms with Crippen LogP contribution in [0.2, 0.25) is 0 Å². The SMILES string of the molecule is CC(C)(C)S(=O)(=O)NCCCCC(=O)Nc1ccc2c(c1)CCC2=O. The zero-order chi connectivity index (χ0) is 18.7. The highest BCUT2D eigenvalue weighted by Crippen LogP contribution is 2.25. The van der Waals surface area contributed by atoms with Gasteiger partial charge in [-0.1, -0.05) is 0 Å². The van der Waals surface area contributed by atoms with Crippen molar-refractivity contribution in [1.29, 1.82) is 0 Å². The Labute approximate surface area is 149 Å². The topological polar surface area (TPSA) is 92.3 Å². The minimum atomic E-state index is -3.34. The molecule has 1 aliphatic carbocycles. The number of Topliss-reactive ketones (excluding diaryl/α,β-unsaturated/α-hetero) is 1. The van der Waals surface area contributed by atoms with E-state index in [1.807, 2.05) is 6.07 Å². The highest BCUT2D eigenvalue weighted by molar-refractivity contribution is 7.90. The number of benzene rings is 1. The highest BCUT2D eigenvalue weighted by Gasteiger charge is 2.28. The monoisotopic (exact) mass is 366 g/mol. The van der Waals surface area contributed by atoms with Crippen LogP contribution in [0.15, 0.2) is 18.2 Å². The summed E-state index contributed by atoms with van der Waals surface area (Å²) < 4.78 is 25.5. The van der Waals surface area contributed by atoms with Gasteiger partial charge in [0.05, 0.1) is 4.75 Å². The van der Waals surface area contributed by atoms with E-state index in [4.69, 9.17) is 0 Å². The van der Waals surface area contributed by atoms with Crippen LogP contribution in [0, 0.1) is 0 Å². The summed E-state index contributed by atoms with van der Waals surface area (Å²) in [6.45, 7) is 5.26. The fourth-order valence-corrected chi connectivity index (χ4v) is 3.44. The molecule has 6 nitrogen and oxygen atoms in total. The number of hydrogen-bond donors (Lipinski definition) is 2. The van der Waals surface area contributed by atoms with Crippen molar-refractivity contribution in [2.45, 2.75) is 57.6 Å². The second-order valence-corrected chi connectivity index (χ2v) is 9.83. The Hall–Kier alpha value is -1.73. The summed E-state index contributed by atoms with van der Waals surface area (Å²) in [5.41, 5.74) is 2.44. The van der Waals surface area contributed by atoms with Crippen LogP contribution < -0.4 is 10.0 Å². The van der Waals surface area contributed by atoms with E-state index in [9.17, 15) is 18.0 Å². The number of fused-ring (bicyclic) bond motifs is 1. The lowest BCUT2D eigenvalue weighted by molar-refractivity contribution is -0.116. The Morgan fingerprint density at radius 2 is 1.88 bits per heavy atom. The van der Waals surface area contributed by atoms with Crippen LogP contribution in [0.25, 0.3) is 0 Å². The van der Waals surface area contributed by atoms with E-state index in [1.54, 1.807) is 32.9 Å². The van der Waals surface area contributed by atoms with Gasteiger partial charge >= 0.3 is 0 Å². The molecule has 0 saturated carbocycles. The smallest absolute Gasteiger partial charge is 0.224 e. The molecule has 0 fully saturated rings. The van der Waals surface area contributed by atoms with Crippen LogP contribution in [0.4, 0.5) is 5.69 Å². The van der Waals surface area contributed by atoms with Gasteiger partial charge in [-0.3, -0.25) is 9.59 Å². The third-order valence-electron chi connectivity index (χ3n) is 4.24. The normalized spacial score (nSPS) is 14.4. The summed E-state index contributed by atoms with van der Waals surface area (Å²) in [5, 5.41) is 2.83. The zero-order valence-corrected chi connectivity index (χ0v) is 15.8. The van der Waals surface area contributed by atoms with Gasteiger partial charge in [0, 0.05) is 30.6 Å². The first-order valence-electron chi connectivity index (χ1n) is 8.55. The van der Waals surface area contributed by atoms with E-state index < -0.39 is 14.8 Å². The lowest BCUT2D eigenvalue weighted by Gasteiger charge is -2.19. The van der Waals surface area contributed by atoms with Gasteiger partial charge in [-0.25, -0.2) is 13.1 Å². The summed E-state index contributed by atoms with van der Waals surface area (Å²) in [4.78, 5) is 23.6. The van der Waals surface area contributed by atoms with Gasteiger partial charge < -0.3 is 5.32 Å². The number of amides is 1. The summed E-state index contributed by atoms with van der Waals surface area (Å²) in [7, 11) is -3.34. The minimum absolute atomic E-state index is 0.108. The van der Waals surface area contributed by atoms with Crippen LogP contribution in [0.1, 0.15) is 62.4 Å². The number of anilines is 1. The van der Waals surface area contributed by atoms with Gasteiger partial charge in [-0.15, -0.1) is 0 Å². The predicted molar refractivity (Wildman–Crippen MR) is 98.2 cm³/mol. The number of rotatable bonds is 7. The largest absolute Gasteiger partial charge is 0.326 e. The maximum Gasteiger partial charge on any atom is 0.224 e. The Balaban J connectivity index is 1.72. The maximum absolute atomic E-state index is 12.0. The van der Waals surface area contributed by atoms with Crippen molar-refractivity contribution >= 4 is 27.4 Å². The molecule has 25 heavy (non-hydrogen) atoms. The maximum atomic E-state index is 12.0. The molecule has 0 aliphatic heterocycles. The molecule has 1 aromatic carbocycles. The molecule has 1 aromatic rings. The van der Waals surface area contributed by atoms with Gasteiger partial charge in [0.2, 0.25) is 15.9 Å². The standard InChI is InChI=1S/C18H26N2O4S/c1-18(2,3)25(23,24)19-11-5-4-6-17(22)20-14-8-9-15-13(12-14)7-10-16(15)21/h8-9,12,19H,4-7,10-11H2,1-3H3,(H,20,22). The number of sulfonamides is 1. The molecule has 0 aromatic heterocycles. The first-order valence-corrected chi connectivity index (χ1v) is 10.0. The predicted octanol–water partition coefficient (Wildman–Crippen LogP) is 2.64. The van der Waals surface area contributed by atoms with Gasteiger partial charge in [0.1, 0.15) is 0 Å². The molecule has 0 heterocycles. The number of carbonyl (C=O) groups excluding carboxylic acids is 2. The van der Waals surface area contributed by atoms with E-state index in [1.165, 1.54) is 0 Å². The fraction of sp³-hybridized carbons (Fsp3) is 0.556. The fourth-order valence-electron chi connectivity index (χ4n) is 2.59. The van der Waals surface area contributed by atoms with Crippen molar-refractivity contribution < 1.29 is 18.0 Å². The molecular weight excluding hydrogens is 340 g/mol. The number of aryl methyl sites for hydroxylation is 1. The summed E-state index contributed by atoms with van der Waals surface area (Å²) in [6.07, 6.45) is 2.79. The first-order chi connectivity index (χ1) is 11.6. The second-order valence-electron chi connectivity index (χ2n) is 7.31. The molecule has 0 unspecified atom stereocenters. The van der Waals surface area contributed by atoms with Gasteiger partial charge in [-0.2, -0.15) is 0 Å². The molecule has 0 saturated heterocycles. The van der Waals surface area contributed by atoms with E-state index >= 15 is 0 Å². The Morgan fingerprint density at radius 3 is 2.56 bits per heavy atom. The Morgan fingerprint density at radius 1 is 1.16 bits per heavy atom. The van der Waals surface area contributed by atoms with Crippen molar-refractivity contribution in [2.75, 3.05) is 11.9 Å². The van der Waals surface area contributed by atoms with E-state index in [0.717, 1.165) is 17.5 Å². The summed E-state index contributed by atoms with van der Waals surface area (Å²) in [6, 6.07) is 5.37. The molecule has 138 valence electrons. The third kappa shape index (κ3) is 5.12. The van der Waals surface area contributed by atoms with E-state index in [2.05, 4.69) is 10.0 Å². The number of nitrogens with one attached hydrogen (secondary N) is 2. The van der Waals surface area contributed by atoms with Crippen LogP contribution in [-0.2, 0) is 21.2 Å². The molecule has 0 radical (unpaired) electrons. The van der Waals surface area contributed by atoms with Gasteiger partial charge in [0.15, 0.2) is 5.78 Å². The van der Waals surface area contributed by atoms with Crippen LogP contribution in [0.3, 0.4) is 0 Å². The lowest BCUT2D eigenvalue weighted by Crippen LogP contribution is -2.39. The van der Waals surface area contributed by atoms with E-state index in [-0.39, 0.29) is 11.7 Å². The summed E-state index contributed by atoms with van der Waals surface area (Å²) in [5.74, 6) is 0.0496. The molecular formula is C18H26N2O4S.